The van der Waals surface area contributed by atoms with Crippen LogP contribution < -0.4 is 5.56 Å². The van der Waals surface area contributed by atoms with Crippen molar-refractivity contribution in [2.75, 3.05) is 0 Å². The molecule has 1 heterocycles. The molecule has 7 heteroatoms. The molecule has 0 aliphatic carbocycles. The van der Waals surface area contributed by atoms with Crippen molar-refractivity contribution in [1.29, 1.82) is 0 Å². The minimum atomic E-state index is -0.963. The number of fused-ring (bicyclic) bond motifs is 1. The second-order valence-corrected chi connectivity index (χ2v) is 6.16. The van der Waals surface area contributed by atoms with Gasteiger partial charge in [-0.3, -0.25) is 14.4 Å². The molecule has 0 saturated carbocycles. The number of ketones is 1. The van der Waals surface area contributed by atoms with Gasteiger partial charge in [0.1, 0.15) is 0 Å². The van der Waals surface area contributed by atoms with Gasteiger partial charge in [0.15, 0.2) is 6.10 Å². The van der Waals surface area contributed by atoms with Gasteiger partial charge in [0.25, 0.3) is 5.56 Å². The van der Waals surface area contributed by atoms with Crippen LogP contribution >= 0.6 is 11.6 Å². The van der Waals surface area contributed by atoms with Gasteiger partial charge >= 0.3 is 5.97 Å². The number of esters is 1. The van der Waals surface area contributed by atoms with E-state index in [4.69, 9.17) is 16.3 Å². The summed E-state index contributed by atoms with van der Waals surface area (Å²) in [5.41, 5.74) is 0.417. The quantitative estimate of drug-likeness (QED) is 0.551. The third kappa shape index (κ3) is 3.81. The molecule has 2 aromatic carbocycles. The molecular formula is C19H15ClN2O4. The maximum atomic E-state index is 12.3. The summed E-state index contributed by atoms with van der Waals surface area (Å²) < 4.78 is 5.23. The van der Waals surface area contributed by atoms with E-state index in [-0.39, 0.29) is 17.8 Å². The van der Waals surface area contributed by atoms with E-state index in [2.05, 4.69) is 10.2 Å². The number of H-pyrrole nitrogens is 1. The number of rotatable bonds is 5. The van der Waals surface area contributed by atoms with Crippen molar-refractivity contribution in [3.63, 3.8) is 0 Å². The van der Waals surface area contributed by atoms with E-state index in [1.54, 1.807) is 42.5 Å². The lowest BCUT2D eigenvalue weighted by molar-refractivity contribution is -0.145. The van der Waals surface area contributed by atoms with Crippen molar-refractivity contribution in [3.8, 4) is 0 Å². The summed E-state index contributed by atoms with van der Waals surface area (Å²) in [6.07, 6.45) is -1.13. The first-order valence-electron chi connectivity index (χ1n) is 7.91. The largest absolute Gasteiger partial charge is 0.454 e. The van der Waals surface area contributed by atoms with Crippen molar-refractivity contribution < 1.29 is 14.3 Å². The number of carbonyl (C=O) groups excluding carboxylic acids is 2. The molecule has 1 atom stereocenters. The highest BCUT2D eigenvalue weighted by Crippen LogP contribution is 2.16. The molecule has 0 spiro atoms. The van der Waals surface area contributed by atoms with Crippen LogP contribution in [0.2, 0.25) is 5.02 Å². The first-order valence-corrected chi connectivity index (χ1v) is 8.29. The summed E-state index contributed by atoms with van der Waals surface area (Å²) in [7, 11) is 0. The number of aromatic nitrogens is 2. The van der Waals surface area contributed by atoms with Crippen molar-refractivity contribution >= 4 is 34.1 Å². The predicted octanol–water partition coefficient (Wildman–Crippen LogP) is 2.93. The second kappa shape index (κ2) is 7.49. The fraction of sp³-hybridized carbons (Fsp3) is 0.158. The molecule has 3 aromatic rings. The molecule has 0 fully saturated rings. The van der Waals surface area contributed by atoms with Gasteiger partial charge in [-0.15, -0.1) is 0 Å². The lowest BCUT2D eigenvalue weighted by atomic mass is 10.1. The Hall–Kier alpha value is -2.99. The van der Waals surface area contributed by atoms with Crippen LogP contribution in [0.15, 0.2) is 53.3 Å². The van der Waals surface area contributed by atoms with Crippen LogP contribution in [0.3, 0.4) is 0 Å². The summed E-state index contributed by atoms with van der Waals surface area (Å²) in [6, 6.07) is 13.3. The average molecular weight is 371 g/mol. The summed E-state index contributed by atoms with van der Waals surface area (Å²) in [5, 5.41) is 7.73. The highest BCUT2D eigenvalue weighted by Gasteiger charge is 2.21. The molecule has 0 aliphatic heterocycles. The zero-order valence-electron chi connectivity index (χ0n) is 13.9. The van der Waals surface area contributed by atoms with E-state index < -0.39 is 12.1 Å². The number of Topliss-reactive ketones (excluding diaryl/α,β-unsaturated/α-hetero) is 1. The van der Waals surface area contributed by atoms with E-state index >= 15 is 0 Å². The molecule has 3 rings (SSSR count). The maximum Gasteiger partial charge on any atom is 0.312 e. The van der Waals surface area contributed by atoms with Gasteiger partial charge in [0.2, 0.25) is 5.78 Å². The van der Waals surface area contributed by atoms with Gasteiger partial charge in [-0.25, -0.2) is 5.10 Å². The Morgan fingerprint density at radius 3 is 2.62 bits per heavy atom. The summed E-state index contributed by atoms with van der Waals surface area (Å²) in [6.45, 7) is 1.50. The Kier molecular flexibility index (Phi) is 5.14. The fourth-order valence-corrected chi connectivity index (χ4v) is 2.80. The molecule has 6 nitrogen and oxygen atoms in total. The lowest BCUT2D eigenvalue weighted by Crippen LogP contribution is -2.26. The van der Waals surface area contributed by atoms with Crippen LogP contribution in [0.1, 0.15) is 23.0 Å². The van der Waals surface area contributed by atoms with Gasteiger partial charge in [-0.05, 0) is 25.1 Å². The number of hydrogen-bond donors (Lipinski definition) is 1. The number of aromatic amines is 1. The maximum absolute atomic E-state index is 12.3. The molecular weight excluding hydrogens is 356 g/mol. The first kappa shape index (κ1) is 17.8. The highest BCUT2D eigenvalue weighted by atomic mass is 35.5. The van der Waals surface area contributed by atoms with Gasteiger partial charge in [-0.2, -0.15) is 5.10 Å². The summed E-state index contributed by atoms with van der Waals surface area (Å²) in [5.74, 6) is -0.960. The molecule has 0 amide bonds. The van der Waals surface area contributed by atoms with Crippen LogP contribution in [0, 0.1) is 0 Å². The van der Waals surface area contributed by atoms with E-state index in [0.29, 0.717) is 27.1 Å². The Bertz CT molecular complexity index is 1040. The molecule has 0 radical (unpaired) electrons. The monoisotopic (exact) mass is 370 g/mol. The van der Waals surface area contributed by atoms with Gasteiger partial charge in [0, 0.05) is 16.0 Å². The third-order valence-corrected chi connectivity index (χ3v) is 4.11. The topological polar surface area (TPSA) is 89.1 Å². The predicted molar refractivity (Wildman–Crippen MR) is 97.4 cm³/mol. The number of hydrogen-bond acceptors (Lipinski definition) is 5. The second-order valence-electron chi connectivity index (χ2n) is 5.73. The lowest BCUT2D eigenvalue weighted by Gasteiger charge is -2.13. The van der Waals surface area contributed by atoms with E-state index in [9.17, 15) is 14.4 Å². The number of carbonyl (C=O) groups is 2. The molecule has 1 N–H and O–H groups in total. The van der Waals surface area contributed by atoms with E-state index in [1.807, 2.05) is 0 Å². The van der Waals surface area contributed by atoms with Gasteiger partial charge < -0.3 is 4.74 Å². The van der Waals surface area contributed by atoms with Gasteiger partial charge in [0.05, 0.1) is 17.5 Å². The Morgan fingerprint density at radius 1 is 1.15 bits per heavy atom. The molecule has 0 bridgehead atoms. The van der Waals surface area contributed by atoms with Crippen LogP contribution in [0.4, 0.5) is 0 Å². The zero-order chi connectivity index (χ0) is 18.7. The molecule has 0 saturated heterocycles. The van der Waals surface area contributed by atoms with E-state index in [1.165, 1.54) is 13.0 Å². The van der Waals surface area contributed by atoms with Crippen molar-refractivity contribution in [2.24, 2.45) is 0 Å². The third-order valence-electron chi connectivity index (χ3n) is 3.87. The number of nitrogens with zero attached hydrogens (tertiary/aromatic N) is 1. The molecule has 0 aliphatic rings. The average Bonchev–Trinajstić information content (AvgIpc) is 2.63. The normalized spacial score (nSPS) is 11.9. The summed E-state index contributed by atoms with van der Waals surface area (Å²) >= 11 is 5.88. The van der Waals surface area contributed by atoms with Crippen LogP contribution in [0.25, 0.3) is 10.8 Å². The van der Waals surface area contributed by atoms with E-state index in [0.717, 1.165) is 0 Å². The first-order chi connectivity index (χ1) is 12.5. The van der Waals surface area contributed by atoms with Crippen LogP contribution in [-0.4, -0.2) is 28.1 Å². The Labute approximate surface area is 153 Å². The van der Waals surface area contributed by atoms with Crippen LogP contribution in [0.5, 0.6) is 0 Å². The highest BCUT2D eigenvalue weighted by molar-refractivity contribution is 6.31. The number of benzene rings is 2. The molecule has 26 heavy (non-hydrogen) atoms. The standard InChI is InChI=1S/C19H15ClN2O4/c1-11(18(24)12-5-4-6-13(20)9-12)26-17(23)10-16-14-7-2-3-8-15(14)19(25)22-21-16/h2-9,11H,10H2,1H3,(H,22,25). The SMILES string of the molecule is CC(OC(=O)Cc1n[nH]c(=O)c2ccccc12)C(=O)c1cccc(Cl)c1. The molecule has 1 aromatic heterocycles. The fourth-order valence-electron chi connectivity index (χ4n) is 2.61. The smallest absolute Gasteiger partial charge is 0.312 e. The Balaban J connectivity index is 1.74. The summed E-state index contributed by atoms with van der Waals surface area (Å²) in [4.78, 5) is 36.3. The van der Waals surface area contributed by atoms with Crippen molar-refractivity contribution in [1.82, 2.24) is 10.2 Å². The molecule has 132 valence electrons. The van der Waals surface area contributed by atoms with Gasteiger partial charge in [-0.1, -0.05) is 41.9 Å². The Morgan fingerprint density at radius 2 is 1.88 bits per heavy atom. The minimum absolute atomic E-state index is 0.162. The minimum Gasteiger partial charge on any atom is -0.454 e. The zero-order valence-corrected chi connectivity index (χ0v) is 14.6. The number of nitrogens with one attached hydrogen (secondary N) is 1. The van der Waals surface area contributed by atoms with Crippen LogP contribution in [-0.2, 0) is 16.0 Å². The molecule has 1 unspecified atom stereocenters. The number of ether oxygens (including phenoxy) is 1. The number of halogens is 1. The van der Waals surface area contributed by atoms with Crippen molar-refractivity contribution in [2.45, 2.75) is 19.4 Å². The van der Waals surface area contributed by atoms with Crippen molar-refractivity contribution in [3.05, 3.63) is 75.2 Å².